The molecule has 0 saturated carbocycles. The lowest BCUT2D eigenvalue weighted by atomic mass is 10.0. The van der Waals surface area contributed by atoms with Crippen LogP contribution in [-0.2, 0) is 0 Å². The molecule has 0 radical (unpaired) electrons. The quantitative estimate of drug-likeness (QED) is 0.846. The summed E-state index contributed by atoms with van der Waals surface area (Å²) < 4.78 is 0. The van der Waals surface area contributed by atoms with E-state index in [0.717, 1.165) is 11.1 Å². The average molecular weight is 289 g/mol. The van der Waals surface area contributed by atoms with Gasteiger partial charge < -0.3 is 11.1 Å². The molecule has 0 aliphatic rings. The van der Waals surface area contributed by atoms with E-state index in [-0.39, 0.29) is 11.9 Å². The lowest BCUT2D eigenvalue weighted by Crippen LogP contribution is -2.27. The first kappa shape index (κ1) is 14.4. The molecular weight excluding hydrogens is 272 g/mol. The monoisotopic (exact) mass is 288 g/mol. The van der Waals surface area contributed by atoms with Crippen molar-refractivity contribution in [2.45, 2.75) is 19.9 Å². The van der Waals surface area contributed by atoms with E-state index in [0.29, 0.717) is 16.3 Å². The van der Waals surface area contributed by atoms with E-state index in [2.05, 4.69) is 5.32 Å². The Hall–Kier alpha value is -2.00. The van der Waals surface area contributed by atoms with E-state index in [1.54, 1.807) is 18.2 Å². The Balaban J connectivity index is 2.15. The number of halogens is 1. The molecule has 0 spiro atoms. The molecule has 20 heavy (non-hydrogen) atoms. The first-order valence-corrected chi connectivity index (χ1v) is 6.78. The minimum absolute atomic E-state index is 0.0689. The average Bonchev–Trinajstić information content (AvgIpc) is 2.42. The molecule has 0 bridgehead atoms. The van der Waals surface area contributed by atoms with Crippen molar-refractivity contribution in [2.75, 3.05) is 5.73 Å². The number of aryl methyl sites for hydroxylation is 1. The number of nitrogens with two attached hydrogens (primary N) is 1. The second-order valence-electron chi connectivity index (χ2n) is 4.79. The molecule has 0 aromatic heterocycles. The van der Waals surface area contributed by atoms with Crippen LogP contribution in [0.1, 0.15) is 34.5 Å². The number of hydrogen-bond acceptors (Lipinski definition) is 2. The van der Waals surface area contributed by atoms with Gasteiger partial charge in [-0.3, -0.25) is 4.79 Å². The third-order valence-electron chi connectivity index (χ3n) is 3.26. The van der Waals surface area contributed by atoms with Crippen LogP contribution in [0.3, 0.4) is 0 Å². The Labute approximate surface area is 123 Å². The van der Waals surface area contributed by atoms with Crippen LogP contribution < -0.4 is 11.1 Å². The molecule has 0 fully saturated rings. The maximum absolute atomic E-state index is 12.2. The Morgan fingerprint density at radius 1 is 1.25 bits per heavy atom. The van der Waals surface area contributed by atoms with Gasteiger partial charge >= 0.3 is 0 Å². The van der Waals surface area contributed by atoms with E-state index in [9.17, 15) is 4.79 Å². The van der Waals surface area contributed by atoms with Gasteiger partial charge in [0.25, 0.3) is 5.91 Å². The van der Waals surface area contributed by atoms with E-state index >= 15 is 0 Å². The summed E-state index contributed by atoms with van der Waals surface area (Å²) in [6, 6.07) is 12.8. The number of hydrogen-bond donors (Lipinski definition) is 2. The summed E-state index contributed by atoms with van der Waals surface area (Å²) in [7, 11) is 0. The molecule has 4 heteroatoms. The molecule has 0 aliphatic carbocycles. The smallest absolute Gasteiger partial charge is 0.251 e. The highest BCUT2D eigenvalue weighted by Gasteiger charge is 2.13. The molecule has 1 atom stereocenters. The molecule has 2 rings (SSSR count). The number of carbonyl (C=O) groups excluding carboxylic acids is 1. The molecule has 2 aromatic rings. The molecule has 0 unspecified atom stereocenters. The van der Waals surface area contributed by atoms with Gasteiger partial charge in [0.1, 0.15) is 0 Å². The van der Waals surface area contributed by atoms with Gasteiger partial charge in [-0.15, -0.1) is 0 Å². The Morgan fingerprint density at radius 2 is 1.95 bits per heavy atom. The second-order valence-corrected chi connectivity index (χ2v) is 5.20. The maximum Gasteiger partial charge on any atom is 0.251 e. The van der Waals surface area contributed by atoms with Crippen molar-refractivity contribution in [1.29, 1.82) is 0 Å². The highest BCUT2D eigenvalue weighted by atomic mass is 35.5. The van der Waals surface area contributed by atoms with Crippen molar-refractivity contribution in [1.82, 2.24) is 5.32 Å². The van der Waals surface area contributed by atoms with Crippen molar-refractivity contribution in [3.05, 3.63) is 64.2 Å². The first-order valence-electron chi connectivity index (χ1n) is 6.40. The Kier molecular flexibility index (Phi) is 4.30. The van der Waals surface area contributed by atoms with E-state index in [1.807, 2.05) is 38.1 Å². The summed E-state index contributed by atoms with van der Waals surface area (Å²) in [5.74, 6) is -0.163. The van der Waals surface area contributed by atoms with Crippen LogP contribution in [0.5, 0.6) is 0 Å². The molecule has 0 heterocycles. The molecule has 1 amide bonds. The molecule has 2 aromatic carbocycles. The molecular formula is C16H17ClN2O. The zero-order valence-electron chi connectivity index (χ0n) is 11.5. The molecule has 3 nitrogen and oxygen atoms in total. The zero-order chi connectivity index (χ0) is 14.7. The Morgan fingerprint density at radius 3 is 2.60 bits per heavy atom. The topological polar surface area (TPSA) is 55.1 Å². The van der Waals surface area contributed by atoms with E-state index in [4.69, 9.17) is 17.3 Å². The molecule has 0 saturated heterocycles. The number of anilines is 1. The third-order valence-corrected chi connectivity index (χ3v) is 3.60. The lowest BCUT2D eigenvalue weighted by molar-refractivity contribution is 0.0940. The van der Waals surface area contributed by atoms with Crippen molar-refractivity contribution in [3.63, 3.8) is 0 Å². The molecule has 3 N–H and O–H groups in total. The zero-order valence-corrected chi connectivity index (χ0v) is 12.2. The molecule has 104 valence electrons. The van der Waals surface area contributed by atoms with Crippen molar-refractivity contribution in [3.8, 4) is 0 Å². The van der Waals surface area contributed by atoms with Crippen LogP contribution >= 0.6 is 11.6 Å². The van der Waals surface area contributed by atoms with Crippen LogP contribution in [0.4, 0.5) is 5.69 Å². The van der Waals surface area contributed by atoms with E-state index in [1.165, 1.54) is 0 Å². The van der Waals surface area contributed by atoms with Gasteiger partial charge in [-0.1, -0.05) is 35.9 Å². The summed E-state index contributed by atoms with van der Waals surface area (Å²) in [5, 5.41) is 3.41. The minimum atomic E-state index is -0.163. The summed E-state index contributed by atoms with van der Waals surface area (Å²) >= 11 is 5.85. The van der Waals surface area contributed by atoms with Gasteiger partial charge in [-0.25, -0.2) is 0 Å². The second kappa shape index (κ2) is 5.97. The van der Waals surface area contributed by atoms with Crippen molar-refractivity contribution in [2.24, 2.45) is 0 Å². The fourth-order valence-corrected chi connectivity index (χ4v) is 2.23. The van der Waals surface area contributed by atoms with E-state index < -0.39 is 0 Å². The van der Waals surface area contributed by atoms with Crippen molar-refractivity contribution < 1.29 is 4.79 Å². The van der Waals surface area contributed by atoms with Gasteiger partial charge in [0.15, 0.2) is 0 Å². The maximum atomic E-state index is 12.2. The third kappa shape index (κ3) is 3.11. The number of nitrogen functional groups attached to an aromatic ring is 1. The first-order chi connectivity index (χ1) is 9.49. The van der Waals surface area contributed by atoms with Crippen LogP contribution in [0.25, 0.3) is 0 Å². The summed E-state index contributed by atoms with van der Waals surface area (Å²) in [6.07, 6.45) is 0. The fourth-order valence-electron chi connectivity index (χ4n) is 2.12. The highest BCUT2D eigenvalue weighted by molar-refractivity contribution is 6.33. The minimum Gasteiger partial charge on any atom is -0.398 e. The largest absolute Gasteiger partial charge is 0.398 e. The van der Waals surface area contributed by atoms with Crippen LogP contribution in [0.15, 0.2) is 42.5 Å². The summed E-state index contributed by atoms with van der Waals surface area (Å²) in [5.41, 5.74) is 8.87. The van der Waals surface area contributed by atoms with Crippen molar-refractivity contribution >= 4 is 23.2 Å². The number of benzene rings is 2. The predicted octanol–water partition coefficient (Wildman–Crippen LogP) is 3.72. The fraction of sp³-hybridized carbons (Fsp3) is 0.188. The number of nitrogens with one attached hydrogen (secondary N) is 1. The van der Waals surface area contributed by atoms with Gasteiger partial charge in [0, 0.05) is 5.56 Å². The SMILES string of the molecule is Cc1ccccc1[C@@H](C)NC(=O)c1ccc(Cl)c(N)c1. The summed E-state index contributed by atoms with van der Waals surface area (Å²) in [4.78, 5) is 12.2. The highest BCUT2D eigenvalue weighted by Crippen LogP contribution is 2.21. The number of carbonyl (C=O) groups is 1. The molecule has 0 aliphatic heterocycles. The van der Waals surface area contributed by atoms with Gasteiger partial charge in [0.05, 0.1) is 16.8 Å². The lowest BCUT2D eigenvalue weighted by Gasteiger charge is -2.16. The predicted molar refractivity (Wildman–Crippen MR) is 82.9 cm³/mol. The van der Waals surface area contributed by atoms with Crippen LogP contribution in [-0.4, -0.2) is 5.91 Å². The summed E-state index contributed by atoms with van der Waals surface area (Å²) in [6.45, 7) is 3.98. The standard InChI is InChI=1S/C16H17ClN2O/c1-10-5-3-4-6-13(10)11(2)19-16(20)12-7-8-14(17)15(18)9-12/h3-9,11H,18H2,1-2H3,(H,19,20)/t11-/m1/s1. The Bertz CT molecular complexity index is 640. The number of rotatable bonds is 3. The number of amides is 1. The normalized spacial score (nSPS) is 11.9. The van der Waals surface area contributed by atoms with Gasteiger partial charge in [-0.05, 0) is 43.2 Å². The van der Waals surface area contributed by atoms with Gasteiger partial charge in [0.2, 0.25) is 0 Å². The van der Waals surface area contributed by atoms with Crippen LogP contribution in [0.2, 0.25) is 5.02 Å². The van der Waals surface area contributed by atoms with Gasteiger partial charge in [-0.2, -0.15) is 0 Å². The van der Waals surface area contributed by atoms with Crippen LogP contribution in [0, 0.1) is 6.92 Å².